The maximum Gasteiger partial charge on any atom is 0.349 e. The van der Waals surface area contributed by atoms with Crippen molar-refractivity contribution in [3.63, 3.8) is 0 Å². The van der Waals surface area contributed by atoms with Crippen molar-refractivity contribution in [1.82, 2.24) is 9.55 Å². The fourth-order valence-corrected chi connectivity index (χ4v) is 3.95. The lowest BCUT2D eigenvalue weighted by Gasteiger charge is -2.23. The molecule has 1 aliphatic carbocycles. The predicted molar refractivity (Wildman–Crippen MR) is 92.3 cm³/mol. The van der Waals surface area contributed by atoms with Crippen LogP contribution in [0.25, 0.3) is 0 Å². The lowest BCUT2D eigenvalue weighted by atomic mass is 9.95. The summed E-state index contributed by atoms with van der Waals surface area (Å²) in [6.45, 7) is 0. The van der Waals surface area contributed by atoms with Crippen LogP contribution in [0.15, 0.2) is 46.2 Å². The highest BCUT2D eigenvalue weighted by molar-refractivity contribution is 7.92. The second kappa shape index (κ2) is 6.64. The van der Waals surface area contributed by atoms with Crippen molar-refractivity contribution in [3.8, 4) is 0 Å². The van der Waals surface area contributed by atoms with E-state index in [4.69, 9.17) is 5.73 Å². The van der Waals surface area contributed by atoms with Gasteiger partial charge in [-0.1, -0.05) is 19.3 Å². The molecule has 1 aromatic heterocycles. The Hall–Kier alpha value is -2.35. The van der Waals surface area contributed by atoms with Gasteiger partial charge in [0.15, 0.2) is 0 Å². The molecule has 0 amide bonds. The van der Waals surface area contributed by atoms with Crippen LogP contribution >= 0.6 is 0 Å². The Morgan fingerprint density at radius 1 is 1.08 bits per heavy atom. The Kier molecular flexibility index (Phi) is 4.57. The SMILES string of the molecule is Nc1ccc(S(=O)(=O)Nc2ccn(C3CCCCC3)c(=O)n2)cc1. The van der Waals surface area contributed by atoms with Crippen molar-refractivity contribution in [2.24, 2.45) is 0 Å². The molecule has 3 N–H and O–H groups in total. The number of benzene rings is 1. The van der Waals surface area contributed by atoms with Gasteiger partial charge in [-0.05, 0) is 43.2 Å². The van der Waals surface area contributed by atoms with E-state index in [2.05, 4.69) is 9.71 Å². The van der Waals surface area contributed by atoms with Gasteiger partial charge in [0.2, 0.25) is 0 Å². The maximum absolute atomic E-state index is 12.3. The smallest absolute Gasteiger partial charge is 0.349 e. The Bertz CT molecular complexity index is 869. The van der Waals surface area contributed by atoms with E-state index in [-0.39, 0.29) is 16.8 Å². The molecule has 7 nitrogen and oxygen atoms in total. The molecule has 3 rings (SSSR count). The highest BCUT2D eigenvalue weighted by atomic mass is 32.2. The first-order chi connectivity index (χ1) is 11.5. The minimum atomic E-state index is -3.80. The van der Waals surface area contributed by atoms with E-state index in [1.807, 2.05) is 0 Å². The highest BCUT2D eigenvalue weighted by Crippen LogP contribution is 2.26. The molecule has 2 aromatic rings. The van der Waals surface area contributed by atoms with Gasteiger partial charge in [0, 0.05) is 17.9 Å². The molecule has 0 unspecified atom stereocenters. The van der Waals surface area contributed by atoms with Gasteiger partial charge in [-0.3, -0.25) is 9.29 Å². The van der Waals surface area contributed by atoms with E-state index in [0.717, 1.165) is 25.7 Å². The van der Waals surface area contributed by atoms with Crippen LogP contribution in [0.4, 0.5) is 11.5 Å². The third-order valence-electron chi connectivity index (χ3n) is 4.23. The molecule has 128 valence electrons. The summed E-state index contributed by atoms with van der Waals surface area (Å²) in [5, 5.41) is 0. The fourth-order valence-electron chi connectivity index (χ4n) is 2.95. The van der Waals surface area contributed by atoms with Gasteiger partial charge >= 0.3 is 5.69 Å². The minimum absolute atomic E-state index is 0.0175. The van der Waals surface area contributed by atoms with Crippen LogP contribution < -0.4 is 16.1 Å². The Labute approximate surface area is 140 Å². The van der Waals surface area contributed by atoms with Crippen LogP contribution in [-0.2, 0) is 10.0 Å². The van der Waals surface area contributed by atoms with E-state index in [9.17, 15) is 13.2 Å². The predicted octanol–water partition coefficient (Wildman–Crippen LogP) is 2.13. The number of rotatable bonds is 4. The second-order valence-corrected chi connectivity index (χ2v) is 7.65. The first-order valence-corrected chi connectivity index (χ1v) is 9.41. The first-order valence-electron chi connectivity index (χ1n) is 7.93. The zero-order chi connectivity index (χ0) is 17.2. The molecule has 0 aliphatic heterocycles. The van der Waals surface area contributed by atoms with Crippen LogP contribution in [0.3, 0.4) is 0 Å². The largest absolute Gasteiger partial charge is 0.399 e. The molecular weight excluding hydrogens is 328 g/mol. The van der Waals surface area contributed by atoms with Gasteiger partial charge in [0.25, 0.3) is 10.0 Å². The summed E-state index contributed by atoms with van der Waals surface area (Å²) in [5.74, 6) is 0.0175. The summed E-state index contributed by atoms with van der Waals surface area (Å²) in [6, 6.07) is 7.49. The summed E-state index contributed by atoms with van der Waals surface area (Å²) in [7, 11) is -3.80. The van der Waals surface area contributed by atoms with E-state index in [1.165, 1.54) is 36.8 Å². The van der Waals surface area contributed by atoms with Crippen LogP contribution in [-0.4, -0.2) is 18.0 Å². The molecule has 0 radical (unpaired) electrons. The van der Waals surface area contributed by atoms with Crippen molar-refractivity contribution >= 4 is 21.5 Å². The molecule has 0 saturated heterocycles. The monoisotopic (exact) mass is 348 g/mol. The van der Waals surface area contributed by atoms with Gasteiger partial charge in [-0.15, -0.1) is 0 Å². The molecule has 1 fully saturated rings. The average molecular weight is 348 g/mol. The summed E-state index contributed by atoms with van der Waals surface area (Å²) in [4.78, 5) is 16.1. The van der Waals surface area contributed by atoms with Crippen molar-refractivity contribution in [2.45, 2.75) is 43.0 Å². The minimum Gasteiger partial charge on any atom is -0.399 e. The van der Waals surface area contributed by atoms with Gasteiger partial charge in [0.1, 0.15) is 5.82 Å². The number of anilines is 2. The zero-order valence-corrected chi connectivity index (χ0v) is 14.0. The molecule has 0 atom stereocenters. The number of nitrogens with two attached hydrogens (primary N) is 1. The van der Waals surface area contributed by atoms with Crippen LogP contribution in [0.1, 0.15) is 38.1 Å². The third kappa shape index (κ3) is 3.59. The summed E-state index contributed by atoms with van der Waals surface area (Å²) in [6.07, 6.45) is 6.92. The van der Waals surface area contributed by atoms with Crippen LogP contribution in [0, 0.1) is 0 Å². The van der Waals surface area contributed by atoms with Gasteiger partial charge in [0.05, 0.1) is 4.90 Å². The van der Waals surface area contributed by atoms with Crippen LogP contribution in [0.2, 0.25) is 0 Å². The maximum atomic E-state index is 12.3. The lowest BCUT2D eigenvalue weighted by molar-refractivity contribution is 0.343. The standard InChI is InChI=1S/C16H20N4O3S/c17-12-6-8-14(9-7-12)24(22,23)19-15-10-11-20(16(21)18-15)13-4-2-1-3-5-13/h6-11,13H,1-5,17H2,(H,18,19,21). The summed E-state index contributed by atoms with van der Waals surface area (Å²) in [5.41, 5.74) is 5.60. The van der Waals surface area contributed by atoms with Gasteiger partial charge in [-0.2, -0.15) is 4.98 Å². The van der Waals surface area contributed by atoms with Gasteiger partial charge < -0.3 is 5.73 Å². The molecule has 8 heteroatoms. The normalized spacial score (nSPS) is 16.0. The highest BCUT2D eigenvalue weighted by Gasteiger charge is 2.18. The Balaban J connectivity index is 1.81. The van der Waals surface area contributed by atoms with Crippen molar-refractivity contribution in [2.75, 3.05) is 10.5 Å². The van der Waals surface area contributed by atoms with Gasteiger partial charge in [-0.25, -0.2) is 13.2 Å². The molecule has 0 bridgehead atoms. The van der Waals surface area contributed by atoms with Crippen molar-refractivity contribution in [3.05, 3.63) is 47.0 Å². The van der Waals surface area contributed by atoms with E-state index < -0.39 is 15.7 Å². The van der Waals surface area contributed by atoms with Crippen LogP contribution in [0.5, 0.6) is 0 Å². The Morgan fingerprint density at radius 2 is 1.75 bits per heavy atom. The first kappa shape index (κ1) is 16.5. The van der Waals surface area contributed by atoms with E-state index in [0.29, 0.717) is 5.69 Å². The molecular formula is C16H20N4O3S. The topological polar surface area (TPSA) is 107 Å². The molecule has 24 heavy (non-hydrogen) atoms. The lowest BCUT2D eigenvalue weighted by Crippen LogP contribution is -2.29. The Morgan fingerprint density at radius 3 is 2.38 bits per heavy atom. The molecule has 1 aliphatic rings. The van der Waals surface area contributed by atoms with E-state index >= 15 is 0 Å². The molecule has 1 saturated carbocycles. The van der Waals surface area contributed by atoms with E-state index in [1.54, 1.807) is 10.8 Å². The number of nitrogens with one attached hydrogen (secondary N) is 1. The summed E-state index contributed by atoms with van der Waals surface area (Å²) < 4.78 is 28.5. The fraction of sp³-hybridized carbons (Fsp3) is 0.375. The third-order valence-corrected chi connectivity index (χ3v) is 5.60. The molecule has 1 aromatic carbocycles. The average Bonchev–Trinajstić information content (AvgIpc) is 2.56. The quantitative estimate of drug-likeness (QED) is 0.823. The number of hydrogen-bond acceptors (Lipinski definition) is 5. The molecule has 1 heterocycles. The second-order valence-electron chi connectivity index (χ2n) is 5.97. The number of nitrogens with zero attached hydrogens (tertiary/aromatic N) is 2. The summed E-state index contributed by atoms with van der Waals surface area (Å²) >= 11 is 0. The zero-order valence-electron chi connectivity index (χ0n) is 13.2. The number of aromatic nitrogens is 2. The number of nitrogen functional groups attached to an aromatic ring is 1. The van der Waals surface area contributed by atoms with Crippen molar-refractivity contribution in [1.29, 1.82) is 0 Å². The van der Waals surface area contributed by atoms with Crippen molar-refractivity contribution < 1.29 is 8.42 Å². The number of hydrogen-bond donors (Lipinski definition) is 2. The number of sulfonamides is 1. The molecule has 0 spiro atoms.